The highest BCUT2D eigenvalue weighted by atomic mass is 16.5. The van der Waals surface area contributed by atoms with E-state index >= 15 is 0 Å². The molecule has 2 aromatic heterocycles. The van der Waals surface area contributed by atoms with Gasteiger partial charge in [-0.15, -0.1) is 0 Å². The van der Waals surface area contributed by atoms with Crippen molar-refractivity contribution in [3.05, 3.63) is 54.2 Å². The molecule has 0 unspecified atom stereocenters. The summed E-state index contributed by atoms with van der Waals surface area (Å²) in [4.78, 5) is 4.18. The smallest absolute Gasteiger partial charge is 0.235 e. The van der Waals surface area contributed by atoms with Crippen molar-refractivity contribution in [2.45, 2.75) is 6.54 Å². The Morgan fingerprint density at radius 2 is 1.92 bits per heavy atom. The van der Waals surface area contributed by atoms with Gasteiger partial charge in [-0.2, -0.15) is 10.1 Å². The Hall–Kier alpha value is -3.48. The fourth-order valence-electron chi connectivity index (χ4n) is 2.74. The number of aromatic nitrogens is 3. The van der Waals surface area contributed by atoms with Crippen LogP contribution in [-0.4, -0.2) is 21.9 Å². The van der Waals surface area contributed by atoms with Crippen molar-refractivity contribution in [1.29, 1.82) is 0 Å². The monoisotopic (exact) mass is 335 g/mol. The molecule has 0 fully saturated rings. The average molecular weight is 335 g/mol. The van der Waals surface area contributed by atoms with Crippen molar-refractivity contribution in [3.8, 4) is 17.2 Å². The minimum absolute atomic E-state index is 0.123. The second-order valence-electron chi connectivity index (χ2n) is 5.68. The summed E-state index contributed by atoms with van der Waals surface area (Å²) in [5.41, 5.74) is 14.1. The molecule has 7 heteroatoms. The van der Waals surface area contributed by atoms with E-state index in [2.05, 4.69) is 10.1 Å². The number of oxazole rings is 1. The van der Waals surface area contributed by atoms with E-state index in [1.807, 2.05) is 53.3 Å². The summed E-state index contributed by atoms with van der Waals surface area (Å²) < 4.78 is 12.5. The second-order valence-corrected chi connectivity index (χ2v) is 5.68. The van der Waals surface area contributed by atoms with Crippen LogP contribution in [0.25, 0.3) is 22.4 Å². The van der Waals surface area contributed by atoms with Gasteiger partial charge in [0.05, 0.1) is 19.2 Å². The van der Waals surface area contributed by atoms with Gasteiger partial charge in [-0.1, -0.05) is 18.2 Å². The van der Waals surface area contributed by atoms with E-state index in [1.165, 1.54) is 0 Å². The Labute approximate surface area is 143 Å². The SMILES string of the molecule is COc1ccc(Cn2cc3c(-c4nc(N)c(N)o4)cccc3n2)cc1. The van der Waals surface area contributed by atoms with E-state index in [-0.39, 0.29) is 11.7 Å². The van der Waals surface area contributed by atoms with Crippen LogP contribution in [0.15, 0.2) is 53.1 Å². The summed E-state index contributed by atoms with van der Waals surface area (Å²) >= 11 is 0. The minimum atomic E-state index is 0.123. The molecular weight excluding hydrogens is 318 g/mol. The molecule has 0 saturated heterocycles. The molecule has 4 N–H and O–H groups in total. The van der Waals surface area contributed by atoms with E-state index in [1.54, 1.807) is 7.11 Å². The van der Waals surface area contributed by atoms with Crippen molar-refractivity contribution in [1.82, 2.24) is 14.8 Å². The first-order valence-electron chi connectivity index (χ1n) is 7.75. The Kier molecular flexibility index (Phi) is 3.53. The number of benzene rings is 2. The van der Waals surface area contributed by atoms with E-state index in [9.17, 15) is 0 Å². The summed E-state index contributed by atoms with van der Waals surface area (Å²) in [6.07, 6.45) is 1.96. The van der Waals surface area contributed by atoms with Gasteiger partial charge in [0, 0.05) is 17.1 Å². The first-order valence-corrected chi connectivity index (χ1v) is 7.75. The lowest BCUT2D eigenvalue weighted by Gasteiger charge is -2.03. The van der Waals surface area contributed by atoms with Gasteiger partial charge in [-0.3, -0.25) is 4.68 Å². The maximum Gasteiger partial charge on any atom is 0.235 e. The number of ether oxygens (including phenoxy) is 1. The summed E-state index contributed by atoms with van der Waals surface area (Å²) in [7, 11) is 1.65. The van der Waals surface area contributed by atoms with Crippen LogP contribution in [0.2, 0.25) is 0 Å². The lowest BCUT2D eigenvalue weighted by molar-refractivity contribution is 0.414. The highest BCUT2D eigenvalue weighted by Crippen LogP contribution is 2.30. The lowest BCUT2D eigenvalue weighted by atomic mass is 10.1. The molecule has 0 bridgehead atoms. The zero-order chi connectivity index (χ0) is 17.4. The highest BCUT2D eigenvalue weighted by molar-refractivity contribution is 5.92. The Morgan fingerprint density at radius 3 is 2.60 bits per heavy atom. The molecule has 7 nitrogen and oxygen atoms in total. The molecule has 0 aliphatic rings. The van der Waals surface area contributed by atoms with E-state index in [0.717, 1.165) is 27.8 Å². The van der Waals surface area contributed by atoms with Crippen molar-refractivity contribution in [2.75, 3.05) is 18.6 Å². The lowest BCUT2D eigenvalue weighted by Crippen LogP contribution is -1.99. The number of hydrogen-bond donors (Lipinski definition) is 2. The van der Waals surface area contributed by atoms with Gasteiger partial charge in [-0.05, 0) is 29.8 Å². The molecule has 4 rings (SSSR count). The quantitative estimate of drug-likeness (QED) is 0.594. The number of fused-ring (bicyclic) bond motifs is 1. The number of nitrogens with zero attached hydrogens (tertiary/aromatic N) is 3. The van der Waals surface area contributed by atoms with E-state index in [0.29, 0.717) is 12.4 Å². The van der Waals surface area contributed by atoms with Crippen molar-refractivity contribution >= 4 is 22.6 Å². The number of methoxy groups -OCH3 is 1. The van der Waals surface area contributed by atoms with Gasteiger partial charge in [0.2, 0.25) is 11.8 Å². The summed E-state index contributed by atoms with van der Waals surface area (Å²) in [5.74, 6) is 1.54. The molecule has 0 radical (unpaired) electrons. The molecule has 0 saturated carbocycles. The van der Waals surface area contributed by atoms with Crippen molar-refractivity contribution in [2.24, 2.45) is 0 Å². The molecular formula is C18H17N5O2. The molecule has 126 valence electrons. The maximum atomic E-state index is 5.69. The maximum absolute atomic E-state index is 5.69. The second kappa shape index (κ2) is 5.86. The third-order valence-corrected chi connectivity index (χ3v) is 4.01. The standard InChI is InChI=1S/C18H17N5O2/c1-24-12-7-5-11(6-8-12)9-23-10-14-13(3-2-4-15(14)22-23)18-21-16(19)17(20)25-18/h2-8,10H,9,19-20H2,1H3. The van der Waals surface area contributed by atoms with Crippen LogP contribution in [0.5, 0.6) is 5.75 Å². The number of anilines is 2. The Balaban J connectivity index is 1.71. The molecule has 2 heterocycles. The molecule has 0 atom stereocenters. The van der Waals surface area contributed by atoms with Crippen LogP contribution in [0.1, 0.15) is 5.56 Å². The molecule has 2 aromatic carbocycles. The van der Waals surface area contributed by atoms with Gasteiger partial charge >= 0.3 is 0 Å². The third-order valence-electron chi connectivity index (χ3n) is 4.01. The zero-order valence-electron chi connectivity index (χ0n) is 13.6. The largest absolute Gasteiger partial charge is 0.497 e. The number of nitrogen functional groups attached to an aromatic ring is 2. The highest BCUT2D eigenvalue weighted by Gasteiger charge is 2.14. The van der Waals surface area contributed by atoms with E-state index < -0.39 is 0 Å². The van der Waals surface area contributed by atoms with Gasteiger partial charge in [0.25, 0.3) is 0 Å². The minimum Gasteiger partial charge on any atom is -0.497 e. The van der Waals surface area contributed by atoms with Crippen LogP contribution < -0.4 is 16.2 Å². The number of nitrogens with two attached hydrogens (primary N) is 2. The van der Waals surface area contributed by atoms with Crippen LogP contribution in [-0.2, 0) is 6.54 Å². The van der Waals surface area contributed by atoms with Crippen LogP contribution >= 0.6 is 0 Å². The zero-order valence-corrected chi connectivity index (χ0v) is 13.6. The Bertz CT molecular complexity index is 1010. The average Bonchev–Trinajstić information content (AvgIpc) is 3.18. The fourth-order valence-corrected chi connectivity index (χ4v) is 2.74. The third kappa shape index (κ3) is 2.76. The molecule has 0 aliphatic heterocycles. The van der Waals surface area contributed by atoms with E-state index in [4.69, 9.17) is 20.6 Å². The fraction of sp³-hybridized carbons (Fsp3) is 0.111. The molecule has 0 amide bonds. The first kappa shape index (κ1) is 15.1. The normalized spacial score (nSPS) is 11.1. The van der Waals surface area contributed by atoms with Crippen molar-refractivity contribution < 1.29 is 9.15 Å². The van der Waals surface area contributed by atoms with Crippen LogP contribution in [0.4, 0.5) is 11.7 Å². The predicted molar refractivity (Wildman–Crippen MR) is 96.2 cm³/mol. The molecule has 25 heavy (non-hydrogen) atoms. The molecule has 4 aromatic rings. The van der Waals surface area contributed by atoms with Gasteiger partial charge in [0.15, 0.2) is 5.82 Å². The number of hydrogen-bond acceptors (Lipinski definition) is 6. The van der Waals surface area contributed by atoms with Crippen molar-refractivity contribution in [3.63, 3.8) is 0 Å². The van der Waals surface area contributed by atoms with Crippen LogP contribution in [0, 0.1) is 0 Å². The number of rotatable bonds is 4. The summed E-state index contributed by atoms with van der Waals surface area (Å²) in [6, 6.07) is 13.7. The Morgan fingerprint density at radius 1 is 1.12 bits per heavy atom. The molecule has 0 aliphatic carbocycles. The van der Waals surface area contributed by atoms with Gasteiger partial charge < -0.3 is 20.6 Å². The predicted octanol–water partition coefficient (Wildman–Crippen LogP) is 2.91. The topological polar surface area (TPSA) is 105 Å². The summed E-state index contributed by atoms with van der Waals surface area (Å²) in [5, 5.41) is 5.55. The first-order chi connectivity index (χ1) is 12.1. The van der Waals surface area contributed by atoms with Gasteiger partial charge in [0.1, 0.15) is 5.75 Å². The molecule has 0 spiro atoms. The van der Waals surface area contributed by atoms with Gasteiger partial charge in [-0.25, -0.2) is 0 Å². The van der Waals surface area contributed by atoms with Crippen LogP contribution in [0.3, 0.4) is 0 Å². The summed E-state index contributed by atoms with van der Waals surface area (Å²) in [6.45, 7) is 0.647.